The molecule has 1 fully saturated rings. The molecule has 5 heteroatoms. The molecule has 0 unspecified atom stereocenters. The minimum Gasteiger partial charge on any atom is -0.491 e. The predicted octanol–water partition coefficient (Wildman–Crippen LogP) is 4.10. The normalized spacial score (nSPS) is 17.0. The van der Waals surface area contributed by atoms with Gasteiger partial charge in [0, 0.05) is 15.7 Å². The Labute approximate surface area is 149 Å². The van der Waals surface area contributed by atoms with Gasteiger partial charge < -0.3 is 14.8 Å². The smallest absolute Gasteiger partial charge is 0.255 e. The molecule has 0 spiro atoms. The molecule has 23 heavy (non-hydrogen) atoms. The van der Waals surface area contributed by atoms with Crippen LogP contribution in [0.3, 0.4) is 0 Å². The molecule has 2 aromatic rings. The van der Waals surface area contributed by atoms with Gasteiger partial charge in [-0.1, -0.05) is 12.1 Å². The van der Waals surface area contributed by atoms with Crippen LogP contribution < -0.4 is 10.1 Å². The number of nitrogens with one attached hydrogen (secondary N) is 1. The van der Waals surface area contributed by atoms with Gasteiger partial charge in [0.05, 0.1) is 11.8 Å². The molecule has 3 rings (SSSR count). The average molecular weight is 423 g/mol. The number of rotatable bonds is 5. The topological polar surface area (TPSA) is 47.6 Å². The van der Waals surface area contributed by atoms with Crippen LogP contribution in [0.15, 0.2) is 48.5 Å². The number of amides is 1. The van der Waals surface area contributed by atoms with E-state index in [0.717, 1.165) is 34.5 Å². The van der Waals surface area contributed by atoms with Gasteiger partial charge in [-0.25, -0.2) is 0 Å². The fourth-order valence-corrected chi connectivity index (χ4v) is 2.95. The van der Waals surface area contributed by atoms with Crippen LogP contribution in [-0.2, 0) is 4.74 Å². The van der Waals surface area contributed by atoms with E-state index in [1.54, 1.807) is 12.1 Å². The van der Waals surface area contributed by atoms with Gasteiger partial charge in [-0.2, -0.15) is 0 Å². The van der Waals surface area contributed by atoms with Crippen LogP contribution >= 0.6 is 22.6 Å². The quantitative estimate of drug-likeness (QED) is 0.737. The van der Waals surface area contributed by atoms with Gasteiger partial charge in [-0.05, 0) is 71.8 Å². The lowest BCUT2D eigenvalue weighted by molar-refractivity contribution is 0.0679. The molecule has 0 saturated carbocycles. The number of benzene rings is 2. The number of halogens is 1. The van der Waals surface area contributed by atoms with Crippen molar-refractivity contribution in [1.29, 1.82) is 0 Å². The molecule has 0 aromatic heterocycles. The maximum absolute atomic E-state index is 12.3. The van der Waals surface area contributed by atoms with Gasteiger partial charge >= 0.3 is 0 Å². The Hall–Kier alpha value is -1.60. The van der Waals surface area contributed by atoms with Crippen LogP contribution in [0, 0.1) is 3.57 Å². The van der Waals surface area contributed by atoms with E-state index in [1.807, 2.05) is 36.4 Å². The molecule has 1 atom stereocenters. The number of hydrogen-bond donors (Lipinski definition) is 1. The second kappa shape index (κ2) is 7.79. The van der Waals surface area contributed by atoms with E-state index in [1.165, 1.54) is 0 Å². The summed E-state index contributed by atoms with van der Waals surface area (Å²) in [5.74, 6) is 0.631. The van der Waals surface area contributed by atoms with E-state index in [4.69, 9.17) is 9.47 Å². The number of anilines is 1. The standard InChI is InChI=1S/C18H18INO3/c19-16-5-1-2-6-17(16)20-18(21)13-7-9-14(10-8-13)23-12-15-4-3-11-22-15/h1-2,5-10,15H,3-4,11-12H2,(H,20,21)/t15-/m1/s1. The van der Waals surface area contributed by atoms with E-state index < -0.39 is 0 Å². The summed E-state index contributed by atoms with van der Waals surface area (Å²) >= 11 is 2.20. The van der Waals surface area contributed by atoms with Crippen LogP contribution in [-0.4, -0.2) is 25.2 Å². The van der Waals surface area contributed by atoms with Crippen molar-refractivity contribution in [2.45, 2.75) is 18.9 Å². The molecule has 1 N–H and O–H groups in total. The third kappa shape index (κ3) is 4.45. The van der Waals surface area contributed by atoms with E-state index in [9.17, 15) is 4.79 Å². The molecule has 0 aliphatic carbocycles. The lowest BCUT2D eigenvalue weighted by Crippen LogP contribution is -2.16. The summed E-state index contributed by atoms with van der Waals surface area (Å²) in [5.41, 5.74) is 1.42. The first-order valence-corrected chi connectivity index (χ1v) is 8.70. The van der Waals surface area contributed by atoms with Gasteiger partial charge in [0.25, 0.3) is 5.91 Å². The summed E-state index contributed by atoms with van der Waals surface area (Å²) in [6.45, 7) is 1.39. The van der Waals surface area contributed by atoms with Crippen molar-refractivity contribution >= 4 is 34.2 Å². The van der Waals surface area contributed by atoms with Crippen molar-refractivity contribution in [2.24, 2.45) is 0 Å². The van der Waals surface area contributed by atoms with Gasteiger partial charge in [0.1, 0.15) is 12.4 Å². The Kier molecular flexibility index (Phi) is 5.51. The molecule has 4 nitrogen and oxygen atoms in total. The monoisotopic (exact) mass is 423 g/mol. The summed E-state index contributed by atoms with van der Waals surface area (Å²) in [6, 6.07) is 14.9. The molecule has 0 radical (unpaired) electrons. The van der Waals surface area contributed by atoms with Crippen molar-refractivity contribution in [3.05, 3.63) is 57.7 Å². The van der Waals surface area contributed by atoms with Crippen LogP contribution in [0.1, 0.15) is 23.2 Å². The third-order valence-electron chi connectivity index (χ3n) is 3.70. The maximum Gasteiger partial charge on any atom is 0.255 e. The molecule has 1 aliphatic heterocycles. The number of ether oxygens (including phenoxy) is 2. The second-order valence-electron chi connectivity index (χ2n) is 5.40. The second-order valence-corrected chi connectivity index (χ2v) is 6.57. The van der Waals surface area contributed by atoms with Crippen LogP contribution in [0.4, 0.5) is 5.69 Å². The number of carbonyl (C=O) groups is 1. The van der Waals surface area contributed by atoms with Crippen LogP contribution in [0.2, 0.25) is 0 Å². The lowest BCUT2D eigenvalue weighted by Gasteiger charge is -2.12. The molecule has 0 bridgehead atoms. The fraction of sp³-hybridized carbons (Fsp3) is 0.278. The Bertz CT molecular complexity index is 666. The summed E-state index contributed by atoms with van der Waals surface area (Å²) in [5, 5.41) is 2.92. The average Bonchev–Trinajstić information content (AvgIpc) is 3.09. The molecular formula is C18H18INO3. The zero-order chi connectivity index (χ0) is 16.1. The number of hydrogen-bond acceptors (Lipinski definition) is 3. The highest BCUT2D eigenvalue weighted by molar-refractivity contribution is 14.1. The van der Waals surface area contributed by atoms with Crippen molar-refractivity contribution in [3.8, 4) is 5.75 Å². The first kappa shape index (κ1) is 16.3. The molecule has 1 aliphatic rings. The largest absolute Gasteiger partial charge is 0.491 e. The molecule has 2 aromatic carbocycles. The van der Waals surface area contributed by atoms with Gasteiger partial charge in [-0.15, -0.1) is 0 Å². The van der Waals surface area contributed by atoms with Crippen molar-refractivity contribution in [3.63, 3.8) is 0 Å². The zero-order valence-corrected chi connectivity index (χ0v) is 14.8. The van der Waals surface area contributed by atoms with E-state index in [2.05, 4.69) is 27.9 Å². The molecular weight excluding hydrogens is 405 g/mol. The minimum atomic E-state index is -0.125. The number of carbonyl (C=O) groups excluding carboxylic acids is 1. The predicted molar refractivity (Wildman–Crippen MR) is 98.0 cm³/mol. The fourth-order valence-electron chi connectivity index (χ4n) is 2.42. The highest BCUT2D eigenvalue weighted by atomic mass is 127. The Morgan fingerprint density at radius 2 is 2.00 bits per heavy atom. The van der Waals surface area contributed by atoms with Crippen molar-refractivity contribution in [1.82, 2.24) is 0 Å². The summed E-state index contributed by atoms with van der Waals surface area (Å²) < 4.78 is 12.2. The Morgan fingerprint density at radius 1 is 1.22 bits per heavy atom. The first-order chi connectivity index (χ1) is 11.2. The zero-order valence-electron chi connectivity index (χ0n) is 12.6. The van der Waals surface area contributed by atoms with E-state index >= 15 is 0 Å². The molecule has 1 amide bonds. The minimum absolute atomic E-state index is 0.125. The highest BCUT2D eigenvalue weighted by Gasteiger charge is 2.16. The molecule has 1 saturated heterocycles. The van der Waals surface area contributed by atoms with Gasteiger partial charge in [-0.3, -0.25) is 4.79 Å². The maximum atomic E-state index is 12.3. The Balaban J connectivity index is 1.57. The van der Waals surface area contributed by atoms with Gasteiger partial charge in [0.2, 0.25) is 0 Å². The van der Waals surface area contributed by atoms with Crippen molar-refractivity contribution < 1.29 is 14.3 Å². The molecule has 120 valence electrons. The third-order valence-corrected chi connectivity index (χ3v) is 4.64. The van der Waals surface area contributed by atoms with E-state index in [0.29, 0.717) is 12.2 Å². The lowest BCUT2D eigenvalue weighted by atomic mass is 10.2. The van der Waals surface area contributed by atoms with Crippen LogP contribution in [0.25, 0.3) is 0 Å². The highest BCUT2D eigenvalue weighted by Crippen LogP contribution is 2.20. The summed E-state index contributed by atoms with van der Waals surface area (Å²) in [6.07, 6.45) is 2.35. The molecule has 1 heterocycles. The number of para-hydroxylation sites is 1. The Morgan fingerprint density at radius 3 is 2.70 bits per heavy atom. The van der Waals surface area contributed by atoms with Crippen molar-refractivity contribution in [2.75, 3.05) is 18.5 Å². The van der Waals surface area contributed by atoms with E-state index in [-0.39, 0.29) is 12.0 Å². The summed E-state index contributed by atoms with van der Waals surface area (Å²) in [4.78, 5) is 12.3. The first-order valence-electron chi connectivity index (χ1n) is 7.63. The van der Waals surface area contributed by atoms with Crippen LogP contribution in [0.5, 0.6) is 5.75 Å². The van der Waals surface area contributed by atoms with Gasteiger partial charge in [0.15, 0.2) is 0 Å². The summed E-state index contributed by atoms with van der Waals surface area (Å²) in [7, 11) is 0. The SMILES string of the molecule is O=C(Nc1ccccc1I)c1ccc(OC[C@H]2CCCO2)cc1.